The van der Waals surface area contributed by atoms with Gasteiger partial charge in [0.1, 0.15) is 12.4 Å². The number of methoxy groups -OCH3 is 1. The quantitative estimate of drug-likeness (QED) is 0.600. The average Bonchev–Trinajstić information content (AvgIpc) is 2.80. The lowest BCUT2D eigenvalue weighted by Crippen LogP contribution is -2.40. The molecular weight excluding hydrogens is 262 g/mol. The Labute approximate surface area is 117 Å². The minimum Gasteiger partial charge on any atom is -0.385 e. The lowest BCUT2D eigenvalue weighted by atomic mass is 10.4. The number of aromatic nitrogens is 2. The second kappa shape index (κ2) is 8.16. The summed E-state index contributed by atoms with van der Waals surface area (Å²) in [6.45, 7) is 1.20. The molecule has 0 atom stereocenters. The molecule has 0 aliphatic carbocycles. The first kappa shape index (κ1) is 16.0. The van der Waals surface area contributed by atoms with Gasteiger partial charge in [0, 0.05) is 33.5 Å². The SMILES string of the molecule is COCCCNC(=O)CN(C)C(=O)Cn1ccc(N)n1. The van der Waals surface area contributed by atoms with Crippen LogP contribution in [0, 0.1) is 0 Å². The number of anilines is 1. The fraction of sp³-hybridized carbons (Fsp3) is 0.583. The molecule has 8 nitrogen and oxygen atoms in total. The van der Waals surface area contributed by atoms with Gasteiger partial charge in [-0.3, -0.25) is 14.3 Å². The van der Waals surface area contributed by atoms with E-state index in [1.54, 1.807) is 26.4 Å². The van der Waals surface area contributed by atoms with Crippen molar-refractivity contribution in [3.05, 3.63) is 12.3 Å². The van der Waals surface area contributed by atoms with Crippen molar-refractivity contribution in [3.8, 4) is 0 Å². The highest BCUT2D eigenvalue weighted by atomic mass is 16.5. The minimum absolute atomic E-state index is 0.0164. The average molecular weight is 283 g/mol. The molecule has 0 saturated carbocycles. The Morgan fingerprint density at radius 1 is 1.55 bits per heavy atom. The molecule has 0 radical (unpaired) electrons. The molecule has 1 aromatic rings. The number of likely N-dealkylation sites (N-methyl/N-ethyl adjacent to an activating group) is 1. The monoisotopic (exact) mass is 283 g/mol. The molecule has 0 fully saturated rings. The minimum atomic E-state index is -0.208. The van der Waals surface area contributed by atoms with Crippen LogP contribution in [0.5, 0.6) is 0 Å². The zero-order valence-corrected chi connectivity index (χ0v) is 11.8. The van der Waals surface area contributed by atoms with Crippen molar-refractivity contribution in [3.63, 3.8) is 0 Å². The number of carbonyl (C=O) groups is 2. The topological polar surface area (TPSA) is 102 Å². The van der Waals surface area contributed by atoms with Crippen molar-refractivity contribution in [2.75, 3.05) is 39.6 Å². The predicted molar refractivity (Wildman–Crippen MR) is 73.8 cm³/mol. The molecular formula is C12H21N5O3. The fourth-order valence-corrected chi connectivity index (χ4v) is 1.53. The number of nitrogen functional groups attached to an aromatic ring is 1. The van der Waals surface area contributed by atoms with Gasteiger partial charge in [-0.2, -0.15) is 5.10 Å². The van der Waals surface area contributed by atoms with Gasteiger partial charge in [-0.15, -0.1) is 0 Å². The van der Waals surface area contributed by atoms with Gasteiger partial charge in [0.25, 0.3) is 0 Å². The van der Waals surface area contributed by atoms with Crippen molar-refractivity contribution in [2.24, 2.45) is 0 Å². The van der Waals surface area contributed by atoms with Gasteiger partial charge in [-0.05, 0) is 12.5 Å². The summed E-state index contributed by atoms with van der Waals surface area (Å²) < 4.78 is 6.31. The number of nitrogens with zero attached hydrogens (tertiary/aromatic N) is 3. The Morgan fingerprint density at radius 3 is 2.90 bits per heavy atom. The van der Waals surface area contributed by atoms with Crippen LogP contribution in [0.15, 0.2) is 12.3 Å². The molecule has 0 bridgehead atoms. The number of hydrogen-bond donors (Lipinski definition) is 2. The van der Waals surface area contributed by atoms with E-state index in [0.717, 1.165) is 6.42 Å². The number of nitrogens with two attached hydrogens (primary N) is 1. The van der Waals surface area contributed by atoms with E-state index in [2.05, 4.69) is 10.4 Å². The first-order chi connectivity index (χ1) is 9.52. The first-order valence-corrected chi connectivity index (χ1v) is 6.31. The molecule has 0 saturated heterocycles. The molecule has 1 aromatic heterocycles. The summed E-state index contributed by atoms with van der Waals surface area (Å²) in [5.41, 5.74) is 5.46. The number of nitrogens with one attached hydrogen (secondary N) is 1. The summed E-state index contributed by atoms with van der Waals surface area (Å²) in [4.78, 5) is 24.8. The molecule has 0 aliphatic rings. The summed E-state index contributed by atoms with van der Waals surface area (Å²) in [6.07, 6.45) is 2.36. The second-order valence-electron chi connectivity index (χ2n) is 4.38. The highest BCUT2D eigenvalue weighted by Crippen LogP contribution is 1.97. The third kappa shape index (κ3) is 5.70. The third-order valence-corrected chi connectivity index (χ3v) is 2.61. The van der Waals surface area contributed by atoms with Gasteiger partial charge in [0.2, 0.25) is 11.8 Å². The van der Waals surface area contributed by atoms with Crippen LogP contribution >= 0.6 is 0 Å². The summed E-state index contributed by atoms with van der Waals surface area (Å²) in [6, 6.07) is 1.61. The lowest BCUT2D eigenvalue weighted by Gasteiger charge is -2.16. The molecule has 1 rings (SSSR count). The number of carbonyl (C=O) groups excluding carboxylic acids is 2. The van der Waals surface area contributed by atoms with Gasteiger partial charge < -0.3 is 20.7 Å². The second-order valence-corrected chi connectivity index (χ2v) is 4.38. The number of rotatable bonds is 8. The van der Waals surface area contributed by atoms with Crippen LogP contribution in [0.4, 0.5) is 5.82 Å². The summed E-state index contributed by atoms with van der Waals surface area (Å²) >= 11 is 0. The smallest absolute Gasteiger partial charge is 0.244 e. The van der Waals surface area contributed by atoms with Crippen molar-refractivity contribution in [1.82, 2.24) is 20.0 Å². The molecule has 0 unspecified atom stereocenters. The Hall–Kier alpha value is -2.09. The molecule has 8 heteroatoms. The summed E-state index contributed by atoms with van der Waals surface area (Å²) in [7, 11) is 3.18. The third-order valence-electron chi connectivity index (χ3n) is 2.61. The molecule has 20 heavy (non-hydrogen) atoms. The molecule has 0 aliphatic heterocycles. The van der Waals surface area contributed by atoms with Crippen LogP contribution in [0.25, 0.3) is 0 Å². The van der Waals surface area contributed by atoms with Gasteiger partial charge in [0.15, 0.2) is 0 Å². The van der Waals surface area contributed by atoms with E-state index in [0.29, 0.717) is 19.0 Å². The maximum atomic E-state index is 11.9. The Kier molecular flexibility index (Phi) is 6.51. The van der Waals surface area contributed by atoms with Crippen LogP contribution in [-0.2, 0) is 20.9 Å². The van der Waals surface area contributed by atoms with Crippen molar-refractivity contribution in [2.45, 2.75) is 13.0 Å². The zero-order chi connectivity index (χ0) is 15.0. The lowest BCUT2D eigenvalue weighted by molar-refractivity contribution is -0.135. The Balaban J connectivity index is 2.28. The maximum absolute atomic E-state index is 11.9. The van der Waals surface area contributed by atoms with Crippen LogP contribution in [0.3, 0.4) is 0 Å². The van der Waals surface area contributed by atoms with Gasteiger partial charge >= 0.3 is 0 Å². The summed E-state index contributed by atoms with van der Waals surface area (Å²) in [5.74, 6) is -0.0478. The van der Waals surface area contributed by atoms with Crippen molar-refractivity contribution < 1.29 is 14.3 Å². The standard InChI is InChI=1S/C12H21N5O3/c1-16(8-11(18)14-5-3-7-20-2)12(19)9-17-6-4-10(13)15-17/h4,6H,3,5,7-9H2,1-2H3,(H2,13,15)(H,14,18). The van der Waals surface area contributed by atoms with E-state index < -0.39 is 0 Å². The maximum Gasteiger partial charge on any atom is 0.244 e. The van der Waals surface area contributed by atoms with Crippen molar-refractivity contribution in [1.29, 1.82) is 0 Å². The van der Waals surface area contributed by atoms with Gasteiger partial charge in [-0.1, -0.05) is 0 Å². The zero-order valence-electron chi connectivity index (χ0n) is 11.8. The van der Waals surface area contributed by atoms with E-state index in [1.165, 1.54) is 9.58 Å². The van der Waals surface area contributed by atoms with Crippen LogP contribution in [-0.4, -0.2) is 60.3 Å². The summed E-state index contributed by atoms with van der Waals surface area (Å²) in [5, 5.41) is 6.63. The Morgan fingerprint density at radius 2 is 2.30 bits per heavy atom. The van der Waals surface area contributed by atoms with E-state index in [9.17, 15) is 9.59 Å². The molecule has 112 valence electrons. The Bertz CT molecular complexity index is 446. The molecule has 3 N–H and O–H groups in total. The highest BCUT2D eigenvalue weighted by molar-refractivity contribution is 5.84. The molecule has 0 spiro atoms. The largest absolute Gasteiger partial charge is 0.385 e. The molecule has 1 heterocycles. The predicted octanol–water partition coefficient (Wildman–Crippen LogP) is -0.924. The van der Waals surface area contributed by atoms with Crippen molar-refractivity contribution >= 4 is 17.6 Å². The number of ether oxygens (including phenoxy) is 1. The fourth-order valence-electron chi connectivity index (χ4n) is 1.53. The molecule has 0 aromatic carbocycles. The van der Waals surface area contributed by atoms with E-state index in [-0.39, 0.29) is 24.9 Å². The van der Waals surface area contributed by atoms with E-state index >= 15 is 0 Å². The van der Waals surface area contributed by atoms with Crippen LogP contribution in [0.2, 0.25) is 0 Å². The van der Waals surface area contributed by atoms with E-state index in [1.807, 2.05) is 0 Å². The number of hydrogen-bond acceptors (Lipinski definition) is 5. The van der Waals surface area contributed by atoms with Crippen LogP contribution in [0.1, 0.15) is 6.42 Å². The van der Waals surface area contributed by atoms with Gasteiger partial charge in [0.05, 0.1) is 6.54 Å². The molecule has 2 amide bonds. The first-order valence-electron chi connectivity index (χ1n) is 6.31. The normalized spacial score (nSPS) is 10.3. The van der Waals surface area contributed by atoms with E-state index in [4.69, 9.17) is 10.5 Å². The van der Waals surface area contributed by atoms with Crippen LogP contribution < -0.4 is 11.1 Å². The van der Waals surface area contributed by atoms with Gasteiger partial charge in [-0.25, -0.2) is 0 Å². The number of amides is 2. The highest BCUT2D eigenvalue weighted by Gasteiger charge is 2.13.